The SMILES string of the molecule is COC(O[Si](C)(C)C)(c1ccc(Cl)cc1Br)C(F)(F)F. The van der Waals surface area contributed by atoms with Gasteiger partial charge in [-0.1, -0.05) is 33.6 Å². The minimum Gasteiger partial charge on any atom is -0.380 e. The molecule has 0 saturated heterocycles. The van der Waals surface area contributed by atoms with E-state index in [1.165, 1.54) is 18.2 Å². The fourth-order valence-electron chi connectivity index (χ4n) is 1.72. The number of ether oxygens (including phenoxy) is 1. The third-order valence-corrected chi connectivity index (χ3v) is 4.19. The molecule has 1 atom stereocenters. The molecular weight excluding hydrogens is 377 g/mol. The molecule has 0 amide bonds. The predicted molar refractivity (Wildman–Crippen MR) is 78.3 cm³/mol. The molecule has 0 aromatic heterocycles. The van der Waals surface area contributed by atoms with E-state index in [2.05, 4.69) is 15.9 Å². The van der Waals surface area contributed by atoms with Crippen LogP contribution in [-0.2, 0) is 14.9 Å². The Labute approximate surface area is 130 Å². The highest BCUT2D eigenvalue weighted by molar-refractivity contribution is 9.10. The number of hydrogen-bond acceptors (Lipinski definition) is 2. The van der Waals surface area contributed by atoms with Crippen LogP contribution in [0.2, 0.25) is 24.7 Å². The van der Waals surface area contributed by atoms with Crippen LogP contribution in [0.25, 0.3) is 0 Å². The molecule has 0 heterocycles. The second-order valence-corrected chi connectivity index (χ2v) is 10.9. The Hall–Kier alpha value is -0.0831. The van der Waals surface area contributed by atoms with Crippen molar-refractivity contribution in [3.05, 3.63) is 33.3 Å². The fourth-order valence-corrected chi connectivity index (χ4v) is 3.84. The van der Waals surface area contributed by atoms with Crippen LogP contribution in [0.3, 0.4) is 0 Å². The van der Waals surface area contributed by atoms with Crippen LogP contribution in [-0.4, -0.2) is 21.6 Å². The van der Waals surface area contributed by atoms with Crippen molar-refractivity contribution >= 4 is 35.8 Å². The first kappa shape index (κ1) is 18.0. The van der Waals surface area contributed by atoms with Gasteiger partial charge in [0, 0.05) is 22.2 Å². The normalized spacial score (nSPS) is 16.1. The van der Waals surface area contributed by atoms with Gasteiger partial charge in [0.25, 0.3) is 5.79 Å². The minimum absolute atomic E-state index is 0.153. The van der Waals surface area contributed by atoms with Crippen molar-refractivity contribution in [1.82, 2.24) is 0 Å². The van der Waals surface area contributed by atoms with Crippen molar-refractivity contribution in [2.24, 2.45) is 0 Å². The summed E-state index contributed by atoms with van der Waals surface area (Å²) in [6.07, 6.45) is -4.72. The van der Waals surface area contributed by atoms with Crippen LogP contribution in [0, 0.1) is 0 Å². The second kappa shape index (κ2) is 5.96. The van der Waals surface area contributed by atoms with Gasteiger partial charge in [0.05, 0.1) is 0 Å². The summed E-state index contributed by atoms with van der Waals surface area (Å²) in [7, 11) is -1.56. The Kier molecular flexibility index (Phi) is 5.36. The van der Waals surface area contributed by atoms with E-state index in [9.17, 15) is 13.2 Å². The van der Waals surface area contributed by atoms with Gasteiger partial charge in [0.1, 0.15) is 0 Å². The molecule has 0 saturated carbocycles. The van der Waals surface area contributed by atoms with E-state index in [4.69, 9.17) is 20.8 Å². The molecule has 114 valence electrons. The topological polar surface area (TPSA) is 18.5 Å². The zero-order valence-corrected chi connectivity index (χ0v) is 14.8. The van der Waals surface area contributed by atoms with Crippen molar-refractivity contribution in [3.63, 3.8) is 0 Å². The maximum absolute atomic E-state index is 13.6. The maximum Gasteiger partial charge on any atom is 0.447 e. The number of benzene rings is 1. The lowest BCUT2D eigenvalue weighted by Crippen LogP contribution is -2.52. The molecule has 1 aromatic rings. The van der Waals surface area contributed by atoms with Crippen molar-refractivity contribution < 1.29 is 22.3 Å². The highest BCUT2D eigenvalue weighted by atomic mass is 79.9. The number of halogens is 5. The van der Waals surface area contributed by atoms with Crippen molar-refractivity contribution in [3.8, 4) is 0 Å². The largest absolute Gasteiger partial charge is 0.447 e. The van der Waals surface area contributed by atoms with Crippen LogP contribution in [0.15, 0.2) is 22.7 Å². The van der Waals surface area contributed by atoms with Gasteiger partial charge in [-0.05, 0) is 31.8 Å². The summed E-state index contributed by atoms with van der Waals surface area (Å²) in [5.74, 6) is -2.80. The third-order valence-electron chi connectivity index (χ3n) is 2.40. The highest BCUT2D eigenvalue weighted by Crippen LogP contribution is 2.47. The Morgan fingerprint density at radius 2 is 1.75 bits per heavy atom. The summed E-state index contributed by atoms with van der Waals surface area (Å²) >= 11 is 8.87. The summed E-state index contributed by atoms with van der Waals surface area (Å²) < 4.78 is 51.1. The van der Waals surface area contributed by atoms with Crippen LogP contribution in [0.4, 0.5) is 13.2 Å². The Morgan fingerprint density at radius 1 is 1.20 bits per heavy atom. The molecule has 20 heavy (non-hydrogen) atoms. The summed E-state index contributed by atoms with van der Waals surface area (Å²) in [5.41, 5.74) is -0.153. The molecular formula is C12H15BrClF3O2Si. The Bertz CT molecular complexity index is 491. The standard InChI is InChI=1S/C12H15BrClF3O2Si/c1-18-11(12(15,16)17,19-20(2,3)4)9-6-5-8(14)7-10(9)13/h5-7H,1-4H3. The monoisotopic (exact) mass is 390 g/mol. The fraction of sp³-hybridized carbons (Fsp3) is 0.500. The van der Waals surface area contributed by atoms with Gasteiger partial charge in [-0.25, -0.2) is 0 Å². The van der Waals surface area contributed by atoms with Crippen molar-refractivity contribution in [2.75, 3.05) is 7.11 Å². The number of alkyl halides is 3. The van der Waals surface area contributed by atoms with E-state index in [0.29, 0.717) is 5.02 Å². The molecule has 0 aliphatic heterocycles. The zero-order chi connectivity index (χ0) is 15.8. The molecule has 0 bridgehead atoms. The average molecular weight is 392 g/mol. The molecule has 0 aliphatic carbocycles. The van der Waals surface area contributed by atoms with Gasteiger partial charge in [0.15, 0.2) is 8.32 Å². The molecule has 0 aliphatic rings. The molecule has 8 heteroatoms. The van der Waals surface area contributed by atoms with Crippen molar-refractivity contribution in [1.29, 1.82) is 0 Å². The third kappa shape index (κ3) is 3.76. The Morgan fingerprint density at radius 3 is 2.10 bits per heavy atom. The quantitative estimate of drug-likeness (QED) is 0.511. The lowest BCUT2D eigenvalue weighted by molar-refractivity contribution is -0.358. The van der Waals surface area contributed by atoms with E-state index in [1.54, 1.807) is 19.6 Å². The van der Waals surface area contributed by atoms with Crippen molar-refractivity contribution in [2.45, 2.75) is 31.6 Å². The molecule has 1 rings (SSSR count). The molecule has 0 N–H and O–H groups in total. The van der Waals surface area contributed by atoms with Gasteiger partial charge in [0.2, 0.25) is 0 Å². The van der Waals surface area contributed by atoms with Crippen LogP contribution >= 0.6 is 27.5 Å². The maximum atomic E-state index is 13.6. The Balaban J connectivity index is 3.51. The van der Waals surface area contributed by atoms with E-state index in [-0.39, 0.29) is 10.0 Å². The minimum atomic E-state index is -4.72. The molecule has 0 spiro atoms. The van der Waals surface area contributed by atoms with Crippen LogP contribution in [0.1, 0.15) is 5.56 Å². The van der Waals surface area contributed by atoms with Crippen LogP contribution in [0.5, 0.6) is 0 Å². The number of hydrogen-bond donors (Lipinski definition) is 0. The summed E-state index contributed by atoms with van der Waals surface area (Å²) in [4.78, 5) is 0. The lowest BCUT2D eigenvalue weighted by Gasteiger charge is -2.39. The first-order valence-electron chi connectivity index (χ1n) is 5.70. The first-order valence-corrected chi connectivity index (χ1v) is 10.3. The van der Waals surface area contributed by atoms with Gasteiger partial charge in [-0.15, -0.1) is 0 Å². The van der Waals surface area contributed by atoms with E-state index in [0.717, 1.165) is 7.11 Å². The molecule has 0 radical (unpaired) electrons. The highest BCUT2D eigenvalue weighted by Gasteiger charge is 2.60. The predicted octanol–water partition coefficient (Wildman–Crippen LogP) is 5.32. The van der Waals surface area contributed by atoms with Crippen LogP contribution < -0.4 is 0 Å². The zero-order valence-electron chi connectivity index (χ0n) is 11.4. The summed E-state index contributed by atoms with van der Waals surface area (Å²) in [6.45, 7) is 4.99. The van der Waals surface area contributed by atoms with E-state index in [1.807, 2.05) is 0 Å². The first-order chi connectivity index (χ1) is 8.93. The van der Waals surface area contributed by atoms with Gasteiger partial charge in [-0.3, -0.25) is 0 Å². The number of rotatable bonds is 4. The molecule has 2 nitrogen and oxygen atoms in total. The summed E-state index contributed by atoms with van der Waals surface area (Å²) in [6, 6.07) is 4.00. The molecule has 1 unspecified atom stereocenters. The summed E-state index contributed by atoms with van der Waals surface area (Å²) in [5, 5.41) is 0.320. The molecule has 1 aromatic carbocycles. The molecule has 0 fully saturated rings. The van der Waals surface area contributed by atoms with Gasteiger partial charge in [-0.2, -0.15) is 13.2 Å². The van der Waals surface area contributed by atoms with Gasteiger partial charge < -0.3 is 9.16 Å². The lowest BCUT2D eigenvalue weighted by atomic mass is 10.1. The smallest absolute Gasteiger partial charge is 0.380 e. The average Bonchev–Trinajstić information content (AvgIpc) is 2.23. The van der Waals surface area contributed by atoms with Gasteiger partial charge >= 0.3 is 6.18 Å². The number of methoxy groups -OCH3 is 1. The van der Waals surface area contributed by atoms with E-state index >= 15 is 0 Å². The van der Waals surface area contributed by atoms with E-state index < -0.39 is 20.3 Å². The second-order valence-electron chi connectivity index (χ2n) is 5.16.